The van der Waals surface area contributed by atoms with E-state index in [4.69, 9.17) is 21.3 Å². The summed E-state index contributed by atoms with van der Waals surface area (Å²) in [6.45, 7) is 5.75. The van der Waals surface area contributed by atoms with Gasteiger partial charge >= 0.3 is 0 Å². The number of imidazole rings is 1. The first-order valence-electron chi connectivity index (χ1n) is 13.5. The molecule has 0 saturated carbocycles. The molecule has 7 heteroatoms. The van der Waals surface area contributed by atoms with Crippen molar-refractivity contribution >= 4 is 23.2 Å². The fourth-order valence-corrected chi connectivity index (χ4v) is 5.44. The summed E-state index contributed by atoms with van der Waals surface area (Å²) in [7, 11) is 1.63. The average Bonchev–Trinajstić information content (AvgIpc) is 3.35. The predicted octanol–water partition coefficient (Wildman–Crippen LogP) is 6.60. The molecular formula is C33H31ClN4O2. The summed E-state index contributed by atoms with van der Waals surface area (Å²) in [5.41, 5.74) is 8.26. The topological polar surface area (TPSA) is 50.1 Å². The van der Waals surface area contributed by atoms with E-state index >= 15 is 0 Å². The van der Waals surface area contributed by atoms with Crippen molar-refractivity contribution in [1.82, 2.24) is 19.2 Å². The second-order valence-electron chi connectivity index (χ2n) is 10.2. The van der Waals surface area contributed by atoms with Crippen LogP contribution in [0.2, 0.25) is 5.02 Å². The highest BCUT2D eigenvalue weighted by Gasteiger charge is 2.24. The molecule has 5 aromatic rings. The third-order valence-electron chi connectivity index (χ3n) is 7.56. The maximum Gasteiger partial charge on any atom is 0.253 e. The van der Waals surface area contributed by atoms with Gasteiger partial charge in [-0.1, -0.05) is 53.6 Å². The number of fused-ring (bicyclic) bond motifs is 1. The van der Waals surface area contributed by atoms with Gasteiger partial charge in [0.15, 0.2) is 0 Å². The Bertz CT molecular complexity index is 1650. The molecule has 0 unspecified atom stereocenters. The minimum atomic E-state index is 0.0572. The zero-order chi connectivity index (χ0) is 27.6. The summed E-state index contributed by atoms with van der Waals surface area (Å²) >= 11 is 6.20. The Morgan fingerprint density at radius 1 is 0.875 bits per heavy atom. The van der Waals surface area contributed by atoms with Crippen molar-refractivity contribution in [2.45, 2.75) is 13.5 Å². The molecule has 202 valence electrons. The number of methoxy groups -OCH3 is 1. The Morgan fingerprint density at radius 2 is 1.60 bits per heavy atom. The summed E-state index contributed by atoms with van der Waals surface area (Å²) in [6, 6.07) is 28.0. The minimum absolute atomic E-state index is 0.0572. The highest BCUT2D eigenvalue weighted by Crippen LogP contribution is 2.30. The van der Waals surface area contributed by atoms with Crippen LogP contribution in [0.4, 0.5) is 0 Å². The van der Waals surface area contributed by atoms with E-state index in [2.05, 4.69) is 58.8 Å². The molecule has 6 rings (SSSR count). The fraction of sp³-hybridized carbons (Fsp3) is 0.212. The molecule has 1 saturated heterocycles. The monoisotopic (exact) mass is 550 g/mol. The van der Waals surface area contributed by atoms with Gasteiger partial charge in [-0.25, -0.2) is 4.98 Å². The lowest BCUT2D eigenvalue weighted by molar-refractivity contribution is 0.0627. The molecule has 2 aromatic heterocycles. The lowest BCUT2D eigenvalue weighted by atomic mass is 10.1. The second kappa shape index (κ2) is 11.2. The van der Waals surface area contributed by atoms with Crippen LogP contribution in [0.5, 0.6) is 5.75 Å². The number of benzene rings is 3. The molecule has 1 amide bonds. The number of pyridine rings is 1. The SMILES string of the molecule is COc1ccc(C(=O)N2CCN(Cc3c(-c4ccc(Cl)cc4)nc4ccc(-c5cccc(C)c5)cn34)CC2)cc1. The zero-order valence-electron chi connectivity index (χ0n) is 22.7. The van der Waals surface area contributed by atoms with Gasteiger partial charge in [0.2, 0.25) is 0 Å². The summed E-state index contributed by atoms with van der Waals surface area (Å²) < 4.78 is 7.45. The van der Waals surface area contributed by atoms with Crippen molar-refractivity contribution < 1.29 is 9.53 Å². The number of ether oxygens (including phenoxy) is 1. The third-order valence-corrected chi connectivity index (χ3v) is 7.81. The molecule has 3 heterocycles. The molecular weight excluding hydrogens is 520 g/mol. The first kappa shape index (κ1) is 26.1. The first-order chi connectivity index (χ1) is 19.5. The molecule has 1 aliphatic heterocycles. The van der Waals surface area contributed by atoms with Gasteiger partial charge < -0.3 is 14.0 Å². The number of amides is 1. The van der Waals surface area contributed by atoms with Crippen LogP contribution in [-0.4, -0.2) is 58.4 Å². The smallest absolute Gasteiger partial charge is 0.253 e. The van der Waals surface area contributed by atoms with Gasteiger partial charge in [-0.15, -0.1) is 0 Å². The van der Waals surface area contributed by atoms with Gasteiger partial charge in [0, 0.05) is 55.1 Å². The third kappa shape index (κ3) is 5.33. The Balaban J connectivity index is 1.28. The number of rotatable bonds is 6. The van der Waals surface area contributed by atoms with E-state index < -0.39 is 0 Å². The molecule has 0 bridgehead atoms. The van der Waals surface area contributed by atoms with E-state index in [1.165, 1.54) is 11.1 Å². The summed E-state index contributed by atoms with van der Waals surface area (Å²) in [4.78, 5) is 22.5. The maximum absolute atomic E-state index is 13.1. The van der Waals surface area contributed by atoms with Gasteiger partial charge in [-0.3, -0.25) is 9.69 Å². The van der Waals surface area contributed by atoms with Crippen molar-refractivity contribution in [3.8, 4) is 28.1 Å². The van der Waals surface area contributed by atoms with Crippen LogP contribution in [0, 0.1) is 6.92 Å². The lowest BCUT2D eigenvalue weighted by Crippen LogP contribution is -2.48. The van der Waals surface area contributed by atoms with E-state index in [1.807, 2.05) is 53.4 Å². The fourth-order valence-electron chi connectivity index (χ4n) is 5.32. The number of hydrogen-bond donors (Lipinski definition) is 0. The molecule has 1 aliphatic rings. The van der Waals surface area contributed by atoms with Gasteiger partial charge in [0.05, 0.1) is 18.5 Å². The molecule has 3 aromatic carbocycles. The Labute approximate surface area is 239 Å². The van der Waals surface area contributed by atoms with Crippen molar-refractivity contribution in [2.24, 2.45) is 0 Å². The quantitative estimate of drug-likeness (QED) is 0.239. The van der Waals surface area contributed by atoms with Crippen LogP contribution in [0.1, 0.15) is 21.6 Å². The highest BCUT2D eigenvalue weighted by molar-refractivity contribution is 6.30. The van der Waals surface area contributed by atoms with Crippen LogP contribution in [-0.2, 0) is 6.54 Å². The van der Waals surface area contributed by atoms with Crippen LogP contribution < -0.4 is 4.74 Å². The Hall–Kier alpha value is -4.13. The second-order valence-corrected chi connectivity index (χ2v) is 10.7. The number of carbonyl (C=O) groups excluding carboxylic acids is 1. The molecule has 0 aliphatic carbocycles. The number of halogens is 1. The molecule has 0 N–H and O–H groups in total. The molecule has 0 atom stereocenters. The zero-order valence-corrected chi connectivity index (χ0v) is 23.4. The van der Waals surface area contributed by atoms with Crippen LogP contribution >= 0.6 is 11.6 Å². The molecule has 1 fully saturated rings. The average molecular weight is 551 g/mol. The number of nitrogens with zero attached hydrogens (tertiary/aromatic N) is 4. The van der Waals surface area contributed by atoms with Crippen molar-refractivity contribution in [1.29, 1.82) is 0 Å². The number of carbonyl (C=O) groups is 1. The predicted molar refractivity (Wildman–Crippen MR) is 160 cm³/mol. The van der Waals surface area contributed by atoms with Crippen molar-refractivity contribution in [3.63, 3.8) is 0 Å². The molecule has 40 heavy (non-hydrogen) atoms. The highest BCUT2D eigenvalue weighted by atomic mass is 35.5. The summed E-state index contributed by atoms with van der Waals surface area (Å²) in [5, 5.41) is 0.702. The van der Waals surface area contributed by atoms with Gasteiger partial charge in [-0.2, -0.15) is 0 Å². The van der Waals surface area contributed by atoms with Crippen LogP contribution in [0.15, 0.2) is 91.1 Å². The van der Waals surface area contributed by atoms with Crippen LogP contribution in [0.25, 0.3) is 28.0 Å². The van der Waals surface area contributed by atoms with E-state index in [-0.39, 0.29) is 5.91 Å². The minimum Gasteiger partial charge on any atom is -0.497 e. The number of piperazine rings is 1. The normalized spacial score (nSPS) is 14.0. The maximum atomic E-state index is 13.1. The van der Waals surface area contributed by atoms with E-state index in [0.29, 0.717) is 23.7 Å². The Morgan fingerprint density at radius 3 is 2.30 bits per heavy atom. The van der Waals surface area contributed by atoms with E-state index in [9.17, 15) is 4.79 Å². The number of aryl methyl sites for hydroxylation is 1. The van der Waals surface area contributed by atoms with Gasteiger partial charge in [0.1, 0.15) is 11.4 Å². The first-order valence-corrected chi connectivity index (χ1v) is 13.9. The van der Waals surface area contributed by atoms with E-state index in [0.717, 1.165) is 53.5 Å². The Kier molecular flexibility index (Phi) is 7.29. The summed E-state index contributed by atoms with van der Waals surface area (Å²) in [6.07, 6.45) is 2.19. The lowest BCUT2D eigenvalue weighted by Gasteiger charge is -2.34. The number of hydrogen-bond acceptors (Lipinski definition) is 4. The summed E-state index contributed by atoms with van der Waals surface area (Å²) in [5.74, 6) is 0.804. The number of aromatic nitrogens is 2. The molecule has 6 nitrogen and oxygen atoms in total. The van der Waals surface area contributed by atoms with Crippen LogP contribution in [0.3, 0.4) is 0 Å². The van der Waals surface area contributed by atoms with Gasteiger partial charge in [0.25, 0.3) is 5.91 Å². The van der Waals surface area contributed by atoms with E-state index in [1.54, 1.807) is 7.11 Å². The van der Waals surface area contributed by atoms with Crippen molar-refractivity contribution in [3.05, 3.63) is 113 Å². The standard InChI is InChI=1S/C33H31ClN4O2/c1-23-4-3-5-26(20-23)27-10-15-31-35-32(24-6-11-28(34)12-7-24)30(38(31)21-27)22-36-16-18-37(19-17-36)33(39)25-8-13-29(40-2)14-9-25/h3-15,20-21H,16-19,22H2,1-2H3. The molecule has 0 spiro atoms. The van der Waals surface area contributed by atoms with Gasteiger partial charge in [-0.05, 0) is 66.6 Å². The molecule has 0 radical (unpaired) electrons. The largest absolute Gasteiger partial charge is 0.497 e. The van der Waals surface area contributed by atoms with Crippen molar-refractivity contribution in [2.75, 3.05) is 33.3 Å².